The number of rotatable bonds is 17. The van der Waals surface area contributed by atoms with E-state index in [1.165, 1.54) is 162 Å². The molecule has 286 valence electrons. The van der Waals surface area contributed by atoms with Gasteiger partial charge < -0.3 is 0 Å². The van der Waals surface area contributed by atoms with Gasteiger partial charge in [0.05, 0.1) is 11.4 Å². The third-order valence-electron chi connectivity index (χ3n) is 12.5. The van der Waals surface area contributed by atoms with Crippen LogP contribution in [0.5, 0.6) is 0 Å². The third-order valence-corrected chi connectivity index (χ3v) is 12.5. The summed E-state index contributed by atoms with van der Waals surface area (Å²) in [6, 6.07) is 26.8. The molecule has 0 bridgehead atoms. The topological polar surface area (TPSA) is 25.8 Å². The Morgan fingerprint density at radius 1 is 0.377 bits per heavy atom. The van der Waals surface area contributed by atoms with Crippen LogP contribution in [-0.4, -0.2) is 9.97 Å². The van der Waals surface area contributed by atoms with Gasteiger partial charge in [-0.1, -0.05) is 178 Å². The van der Waals surface area contributed by atoms with Crippen LogP contribution in [0.25, 0.3) is 22.5 Å². The SMILES string of the molecule is CCCCc1ccc(-c2ccc(CCC3CCC(CCC)CC3)cn2)cc1.CCCc1ccc(-c2ccc(CCC3CCC(CCC)CC3)cn2)cc1. The first-order valence-corrected chi connectivity index (χ1v) is 22.1. The highest BCUT2D eigenvalue weighted by Crippen LogP contribution is 2.35. The molecule has 0 amide bonds. The lowest BCUT2D eigenvalue weighted by Crippen LogP contribution is -2.15. The number of aromatic nitrogens is 2. The van der Waals surface area contributed by atoms with Crippen LogP contribution in [-0.2, 0) is 25.7 Å². The van der Waals surface area contributed by atoms with Crippen LogP contribution in [0.2, 0.25) is 0 Å². The van der Waals surface area contributed by atoms with E-state index in [1.54, 1.807) is 0 Å². The van der Waals surface area contributed by atoms with Crippen LogP contribution in [0.3, 0.4) is 0 Å². The second-order valence-electron chi connectivity index (χ2n) is 16.8. The summed E-state index contributed by atoms with van der Waals surface area (Å²) in [5.41, 5.74) is 10.3. The van der Waals surface area contributed by atoms with Crippen molar-refractivity contribution in [1.82, 2.24) is 9.97 Å². The summed E-state index contributed by atoms with van der Waals surface area (Å²) in [6.45, 7) is 9.12. The molecule has 53 heavy (non-hydrogen) atoms. The molecule has 0 spiro atoms. The highest BCUT2D eigenvalue weighted by Gasteiger charge is 2.21. The minimum Gasteiger partial charge on any atom is -0.256 e. The second kappa shape index (κ2) is 22.8. The van der Waals surface area contributed by atoms with Gasteiger partial charge in [0, 0.05) is 23.5 Å². The molecule has 0 unspecified atom stereocenters. The van der Waals surface area contributed by atoms with E-state index in [2.05, 4.69) is 113 Å². The largest absolute Gasteiger partial charge is 0.256 e. The highest BCUT2D eigenvalue weighted by atomic mass is 14.7. The van der Waals surface area contributed by atoms with E-state index in [4.69, 9.17) is 9.97 Å². The van der Waals surface area contributed by atoms with Crippen LogP contribution in [0.15, 0.2) is 85.2 Å². The molecule has 6 rings (SSSR count). The number of hydrogen-bond acceptors (Lipinski definition) is 2. The predicted octanol–water partition coefficient (Wildman–Crippen LogP) is 14.9. The van der Waals surface area contributed by atoms with Gasteiger partial charge in [0.2, 0.25) is 0 Å². The number of nitrogens with zero attached hydrogens (tertiary/aromatic N) is 2. The molecule has 2 saturated carbocycles. The molecule has 2 nitrogen and oxygen atoms in total. The molecule has 2 fully saturated rings. The van der Waals surface area contributed by atoms with Crippen molar-refractivity contribution in [2.45, 2.75) is 163 Å². The molecular formula is C51H72N2. The highest BCUT2D eigenvalue weighted by molar-refractivity contribution is 5.60. The molecule has 0 atom stereocenters. The van der Waals surface area contributed by atoms with Crippen LogP contribution in [0.1, 0.15) is 159 Å². The number of benzene rings is 2. The monoisotopic (exact) mass is 713 g/mol. The molecule has 2 heterocycles. The van der Waals surface area contributed by atoms with E-state index in [0.717, 1.165) is 41.5 Å². The van der Waals surface area contributed by atoms with Crippen LogP contribution >= 0.6 is 0 Å². The molecular weight excluding hydrogens is 641 g/mol. The van der Waals surface area contributed by atoms with Gasteiger partial charge in [-0.25, -0.2) is 0 Å². The van der Waals surface area contributed by atoms with E-state index in [1.807, 2.05) is 0 Å². The fourth-order valence-electron chi connectivity index (χ4n) is 9.02. The van der Waals surface area contributed by atoms with E-state index in [0.29, 0.717) is 0 Å². The Kier molecular flexibility index (Phi) is 17.6. The average molecular weight is 713 g/mol. The Hall–Kier alpha value is -3.26. The molecule has 2 aromatic carbocycles. The maximum absolute atomic E-state index is 4.74. The Balaban J connectivity index is 0.000000204. The number of aryl methyl sites for hydroxylation is 4. The van der Waals surface area contributed by atoms with Crippen molar-refractivity contribution >= 4 is 0 Å². The van der Waals surface area contributed by atoms with Gasteiger partial charge in [-0.3, -0.25) is 9.97 Å². The predicted molar refractivity (Wildman–Crippen MR) is 229 cm³/mol. The third kappa shape index (κ3) is 13.8. The fraction of sp³-hybridized carbons (Fsp3) is 0.569. The summed E-state index contributed by atoms with van der Waals surface area (Å²) >= 11 is 0. The summed E-state index contributed by atoms with van der Waals surface area (Å²) < 4.78 is 0. The van der Waals surface area contributed by atoms with E-state index in [9.17, 15) is 0 Å². The minimum atomic E-state index is 0.938. The normalized spacial score (nSPS) is 20.1. The smallest absolute Gasteiger partial charge is 0.0702 e. The zero-order valence-corrected chi connectivity index (χ0v) is 34.1. The molecule has 2 aliphatic carbocycles. The standard InChI is InChI=1S/C26H37N.C25H35N/c1-3-5-7-22-14-17-25(18-15-22)26-19-16-24(20-27-26)13-12-23-10-8-21(6-4-2)9-11-23;1-3-5-20-7-9-22(10-8-20)11-12-23-15-18-25(26-19-23)24-16-13-21(6-4-2)14-17-24/h14-21,23H,3-13H2,1-2H3;13-20,22H,3-12H2,1-2H3. The average Bonchev–Trinajstić information content (AvgIpc) is 3.21. The molecule has 4 aromatic rings. The summed E-state index contributed by atoms with van der Waals surface area (Å²) in [5, 5.41) is 0. The van der Waals surface area contributed by atoms with Crippen LogP contribution in [0, 0.1) is 23.7 Å². The van der Waals surface area contributed by atoms with Gasteiger partial charge in [0.25, 0.3) is 0 Å². The molecule has 0 radical (unpaired) electrons. The Morgan fingerprint density at radius 2 is 0.755 bits per heavy atom. The van der Waals surface area contributed by atoms with E-state index in [-0.39, 0.29) is 0 Å². The lowest BCUT2D eigenvalue weighted by atomic mass is 9.78. The first kappa shape index (κ1) is 40.9. The van der Waals surface area contributed by atoms with Crippen molar-refractivity contribution in [3.8, 4) is 22.5 Å². The van der Waals surface area contributed by atoms with Crippen molar-refractivity contribution in [3.63, 3.8) is 0 Å². The first-order valence-electron chi connectivity index (χ1n) is 22.1. The van der Waals surface area contributed by atoms with Gasteiger partial charge in [-0.05, 0) is 103 Å². The molecule has 2 aliphatic rings. The van der Waals surface area contributed by atoms with Gasteiger partial charge in [-0.2, -0.15) is 0 Å². The lowest BCUT2D eigenvalue weighted by Gasteiger charge is -2.28. The minimum absolute atomic E-state index is 0.938. The Bertz CT molecular complexity index is 1520. The van der Waals surface area contributed by atoms with Gasteiger partial charge >= 0.3 is 0 Å². The molecule has 0 aliphatic heterocycles. The fourth-order valence-corrected chi connectivity index (χ4v) is 9.02. The van der Waals surface area contributed by atoms with E-state index < -0.39 is 0 Å². The number of pyridine rings is 2. The van der Waals surface area contributed by atoms with Gasteiger partial charge in [-0.15, -0.1) is 0 Å². The molecule has 2 heteroatoms. The number of unbranched alkanes of at least 4 members (excludes halogenated alkanes) is 1. The van der Waals surface area contributed by atoms with Crippen LogP contribution < -0.4 is 0 Å². The second-order valence-corrected chi connectivity index (χ2v) is 16.8. The quantitative estimate of drug-likeness (QED) is 0.109. The van der Waals surface area contributed by atoms with E-state index >= 15 is 0 Å². The number of hydrogen-bond donors (Lipinski definition) is 0. The molecule has 2 aromatic heterocycles. The maximum Gasteiger partial charge on any atom is 0.0702 e. The van der Waals surface area contributed by atoms with Crippen molar-refractivity contribution in [3.05, 3.63) is 107 Å². The Morgan fingerprint density at radius 3 is 1.09 bits per heavy atom. The summed E-state index contributed by atoms with van der Waals surface area (Å²) in [5.74, 6) is 3.91. The molecule has 0 saturated heterocycles. The molecule has 0 N–H and O–H groups in total. The summed E-state index contributed by atoms with van der Waals surface area (Å²) in [6.07, 6.45) is 32.5. The van der Waals surface area contributed by atoms with Crippen molar-refractivity contribution in [2.75, 3.05) is 0 Å². The van der Waals surface area contributed by atoms with Crippen molar-refractivity contribution in [1.29, 1.82) is 0 Å². The zero-order valence-electron chi connectivity index (χ0n) is 34.1. The van der Waals surface area contributed by atoms with Gasteiger partial charge in [0.15, 0.2) is 0 Å². The van der Waals surface area contributed by atoms with Crippen molar-refractivity contribution in [2.24, 2.45) is 23.7 Å². The lowest BCUT2D eigenvalue weighted by molar-refractivity contribution is 0.252. The van der Waals surface area contributed by atoms with Crippen LogP contribution in [0.4, 0.5) is 0 Å². The summed E-state index contributed by atoms with van der Waals surface area (Å²) in [4.78, 5) is 9.47. The Labute approximate surface area is 325 Å². The van der Waals surface area contributed by atoms with Gasteiger partial charge in [0.1, 0.15) is 0 Å². The van der Waals surface area contributed by atoms with Crippen molar-refractivity contribution < 1.29 is 0 Å². The summed E-state index contributed by atoms with van der Waals surface area (Å²) in [7, 11) is 0. The maximum atomic E-state index is 4.74. The zero-order chi connectivity index (χ0) is 37.1. The first-order chi connectivity index (χ1) is 26.1.